The number of thioether (sulfide) groups is 1. The number of hydrogen-bond donors (Lipinski definition) is 0. The van der Waals surface area contributed by atoms with Crippen molar-refractivity contribution in [3.63, 3.8) is 0 Å². The van der Waals surface area contributed by atoms with Gasteiger partial charge >= 0.3 is 0 Å². The van der Waals surface area contributed by atoms with Gasteiger partial charge in [0.15, 0.2) is 5.12 Å². The van der Waals surface area contributed by atoms with Crippen LogP contribution < -0.4 is 5.11 Å². The van der Waals surface area contributed by atoms with E-state index in [9.17, 15) is 14.7 Å². The van der Waals surface area contributed by atoms with Crippen LogP contribution in [0.5, 0.6) is 0 Å². The normalized spacial score (nSPS) is 14.2. The molecule has 0 bridgehead atoms. The van der Waals surface area contributed by atoms with Crippen LogP contribution in [-0.4, -0.2) is 16.3 Å². The van der Waals surface area contributed by atoms with Crippen molar-refractivity contribution in [2.24, 2.45) is 5.92 Å². The number of carbonyl (C=O) groups excluding carboxylic acids is 2. The standard InChI is InChI=1S/C14H26O3S/c1-4-7-12(18-13(15)8-5-2)10-9-11(6-3)14(16)17/h11-12H,4-10H2,1-3H3,(H,16,17)/p-1. The largest absolute Gasteiger partial charge is 0.550 e. The highest BCUT2D eigenvalue weighted by Crippen LogP contribution is 2.26. The van der Waals surface area contributed by atoms with Crippen molar-refractivity contribution in [2.45, 2.75) is 71.0 Å². The fraction of sp³-hybridized carbons (Fsp3) is 0.857. The second kappa shape index (κ2) is 10.4. The molecule has 0 N–H and O–H groups in total. The Labute approximate surface area is 115 Å². The Morgan fingerprint density at radius 3 is 2.17 bits per heavy atom. The molecule has 18 heavy (non-hydrogen) atoms. The lowest BCUT2D eigenvalue weighted by Crippen LogP contribution is -2.31. The average Bonchev–Trinajstić information content (AvgIpc) is 2.29. The van der Waals surface area contributed by atoms with Crippen molar-refractivity contribution in [1.82, 2.24) is 0 Å². The number of carboxylic acids is 1. The number of carboxylic acid groups (broad SMARTS) is 1. The summed E-state index contributed by atoms with van der Waals surface area (Å²) in [6.07, 6.45) is 5.51. The summed E-state index contributed by atoms with van der Waals surface area (Å²) in [7, 11) is 0. The third-order valence-corrected chi connectivity index (χ3v) is 4.30. The maximum absolute atomic E-state index is 11.6. The molecular weight excluding hydrogens is 248 g/mol. The molecule has 0 saturated carbocycles. The van der Waals surface area contributed by atoms with Gasteiger partial charge < -0.3 is 9.90 Å². The summed E-state index contributed by atoms with van der Waals surface area (Å²) >= 11 is 1.41. The second-order valence-electron chi connectivity index (χ2n) is 4.65. The van der Waals surface area contributed by atoms with Gasteiger partial charge in [0, 0.05) is 17.6 Å². The molecule has 0 aliphatic rings. The molecule has 2 atom stereocenters. The lowest BCUT2D eigenvalue weighted by molar-refractivity contribution is -0.311. The first-order valence-corrected chi connectivity index (χ1v) is 7.83. The number of aliphatic carboxylic acids is 1. The Bertz CT molecular complexity index is 253. The van der Waals surface area contributed by atoms with Crippen LogP contribution >= 0.6 is 11.8 Å². The second-order valence-corrected chi connectivity index (χ2v) is 6.01. The van der Waals surface area contributed by atoms with E-state index in [2.05, 4.69) is 6.92 Å². The maximum atomic E-state index is 11.6. The van der Waals surface area contributed by atoms with Crippen molar-refractivity contribution in [3.8, 4) is 0 Å². The third kappa shape index (κ3) is 7.75. The van der Waals surface area contributed by atoms with Crippen molar-refractivity contribution < 1.29 is 14.7 Å². The Morgan fingerprint density at radius 1 is 1.06 bits per heavy atom. The van der Waals surface area contributed by atoms with Gasteiger partial charge in [0.05, 0.1) is 0 Å². The summed E-state index contributed by atoms with van der Waals surface area (Å²) in [6.45, 7) is 5.95. The summed E-state index contributed by atoms with van der Waals surface area (Å²) in [5.74, 6) is -1.33. The molecule has 0 aromatic carbocycles. The molecule has 0 fully saturated rings. The monoisotopic (exact) mass is 273 g/mol. The van der Waals surface area contributed by atoms with Gasteiger partial charge in [0.2, 0.25) is 0 Å². The molecule has 3 nitrogen and oxygen atoms in total. The van der Waals surface area contributed by atoms with Gasteiger partial charge in [0.25, 0.3) is 0 Å². The van der Waals surface area contributed by atoms with E-state index in [0.717, 1.165) is 25.7 Å². The fourth-order valence-electron chi connectivity index (χ4n) is 1.91. The molecule has 0 aromatic heterocycles. The number of carbonyl (C=O) groups is 2. The number of rotatable bonds is 10. The lowest BCUT2D eigenvalue weighted by Gasteiger charge is -2.20. The maximum Gasteiger partial charge on any atom is 0.189 e. The molecule has 0 rings (SSSR count). The number of hydrogen-bond acceptors (Lipinski definition) is 4. The Kier molecular flexibility index (Phi) is 10.1. The third-order valence-electron chi connectivity index (χ3n) is 3.03. The average molecular weight is 273 g/mol. The van der Waals surface area contributed by atoms with Crippen molar-refractivity contribution in [1.29, 1.82) is 0 Å². The van der Waals surface area contributed by atoms with Crippen molar-refractivity contribution in [3.05, 3.63) is 0 Å². The Morgan fingerprint density at radius 2 is 1.72 bits per heavy atom. The fourth-order valence-corrected chi connectivity index (χ4v) is 3.21. The minimum absolute atomic E-state index is 0.234. The Balaban J connectivity index is 4.17. The van der Waals surface area contributed by atoms with Gasteiger partial charge in [-0.1, -0.05) is 39.0 Å². The predicted molar refractivity (Wildman–Crippen MR) is 74.2 cm³/mol. The molecule has 0 spiro atoms. The van der Waals surface area contributed by atoms with Crippen LogP contribution in [0.15, 0.2) is 0 Å². The molecule has 0 radical (unpaired) electrons. The molecule has 0 aliphatic carbocycles. The molecule has 0 aromatic rings. The summed E-state index contributed by atoms with van der Waals surface area (Å²) < 4.78 is 0. The van der Waals surface area contributed by atoms with Crippen LogP contribution in [0.3, 0.4) is 0 Å². The Hall–Kier alpha value is -0.510. The van der Waals surface area contributed by atoms with Gasteiger partial charge in [-0.25, -0.2) is 0 Å². The highest BCUT2D eigenvalue weighted by Gasteiger charge is 2.16. The lowest BCUT2D eigenvalue weighted by atomic mass is 9.98. The zero-order chi connectivity index (χ0) is 14.0. The van der Waals surface area contributed by atoms with Crippen molar-refractivity contribution in [2.75, 3.05) is 0 Å². The van der Waals surface area contributed by atoms with E-state index in [-0.39, 0.29) is 16.3 Å². The van der Waals surface area contributed by atoms with Gasteiger partial charge in [-0.3, -0.25) is 4.79 Å². The molecule has 0 saturated heterocycles. The van der Waals surface area contributed by atoms with E-state index in [1.807, 2.05) is 13.8 Å². The minimum atomic E-state index is -0.961. The molecule has 2 unspecified atom stereocenters. The van der Waals surface area contributed by atoms with E-state index < -0.39 is 5.97 Å². The zero-order valence-corrected chi connectivity index (χ0v) is 12.6. The summed E-state index contributed by atoms with van der Waals surface area (Å²) in [4.78, 5) is 22.5. The molecule has 0 heterocycles. The molecular formula is C14H25O3S-. The minimum Gasteiger partial charge on any atom is -0.550 e. The predicted octanol–water partition coefficient (Wildman–Crippen LogP) is 2.77. The van der Waals surface area contributed by atoms with Crippen LogP contribution in [0.25, 0.3) is 0 Å². The molecule has 106 valence electrons. The van der Waals surface area contributed by atoms with Crippen molar-refractivity contribution >= 4 is 22.8 Å². The highest BCUT2D eigenvalue weighted by molar-refractivity contribution is 8.14. The summed E-state index contributed by atoms with van der Waals surface area (Å²) in [5.41, 5.74) is 0. The van der Waals surface area contributed by atoms with Crippen LogP contribution in [-0.2, 0) is 9.59 Å². The van der Waals surface area contributed by atoms with Gasteiger partial charge in [-0.15, -0.1) is 0 Å². The summed E-state index contributed by atoms with van der Waals surface area (Å²) in [5, 5.41) is 11.3. The van der Waals surface area contributed by atoms with Gasteiger partial charge in [-0.05, 0) is 38.0 Å². The molecule has 0 amide bonds. The molecule has 4 heteroatoms. The first-order valence-electron chi connectivity index (χ1n) is 6.95. The van der Waals surface area contributed by atoms with Crippen LogP contribution in [0.1, 0.15) is 65.7 Å². The van der Waals surface area contributed by atoms with E-state index in [1.54, 1.807) is 0 Å². The van der Waals surface area contributed by atoms with Crippen LogP contribution in [0.4, 0.5) is 0 Å². The zero-order valence-electron chi connectivity index (χ0n) is 11.7. The highest BCUT2D eigenvalue weighted by atomic mass is 32.2. The van der Waals surface area contributed by atoms with Crippen LogP contribution in [0.2, 0.25) is 0 Å². The summed E-state index contributed by atoms with van der Waals surface area (Å²) in [6, 6.07) is 0. The topological polar surface area (TPSA) is 57.2 Å². The van der Waals surface area contributed by atoms with Crippen LogP contribution in [0, 0.1) is 5.92 Å². The van der Waals surface area contributed by atoms with Gasteiger partial charge in [-0.2, -0.15) is 0 Å². The first-order chi connectivity index (χ1) is 8.54. The SMILES string of the molecule is CCCC(=O)SC(CCC)CCC(CC)C(=O)[O-]. The van der Waals surface area contributed by atoms with E-state index >= 15 is 0 Å². The van der Waals surface area contributed by atoms with E-state index in [0.29, 0.717) is 19.3 Å². The van der Waals surface area contributed by atoms with E-state index in [1.165, 1.54) is 11.8 Å². The molecule has 0 aliphatic heterocycles. The first kappa shape index (κ1) is 17.5. The quantitative estimate of drug-likeness (QED) is 0.614. The van der Waals surface area contributed by atoms with Gasteiger partial charge in [0.1, 0.15) is 0 Å². The van der Waals surface area contributed by atoms with E-state index in [4.69, 9.17) is 0 Å². The smallest absolute Gasteiger partial charge is 0.189 e.